The van der Waals surface area contributed by atoms with E-state index in [4.69, 9.17) is 15.2 Å². The molecule has 7 heteroatoms. The molecular formula is C17H39N3O4. The molecule has 2 amide bonds. The normalized spacial score (nSPS) is 16.5. The Bertz CT molecular complexity index is 348. The molecule has 0 saturated carbocycles. The molecule has 1 unspecified atom stereocenters. The van der Waals surface area contributed by atoms with E-state index in [1.165, 1.54) is 19.8 Å². The minimum Gasteiger partial charge on any atom is -0.378 e. The van der Waals surface area contributed by atoms with Crippen molar-refractivity contribution in [1.29, 1.82) is 0 Å². The number of ether oxygens (including phenoxy) is 2. The van der Waals surface area contributed by atoms with Gasteiger partial charge in [-0.25, -0.2) is 0 Å². The van der Waals surface area contributed by atoms with Crippen LogP contribution in [0.15, 0.2) is 0 Å². The molecule has 24 heavy (non-hydrogen) atoms. The van der Waals surface area contributed by atoms with Crippen molar-refractivity contribution in [3.8, 4) is 0 Å². The number of likely N-dealkylation sites (tertiary alicyclic amines) is 1. The van der Waals surface area contributed by atoms with Gasteiger partial charge in [0.05, 0.1) is 26.4 Å². The lowest BCUT2D eigenvalue weighted by atomic mass is 10.2. The van der Waals surface area contributed by atoms with Crippen LogP contribution in [0.1, 0.15) is 49.3 Å². The Balaban J connectivity index is -0.000000798. The number of rotatable bonds is 10. The highest BCUT2D eigenvalue weighted by atomic mass is 16.5. The molecule has 3 N–H and O–H groups in total. The second-order valence-corrected chi connectivity index (χ2v) is 5.67. The smallest absolute Gasteiger partial charge is 0.242 e. The van der Waals surface area contributed by atoms with Crippen molar-refractivity contribution in [2.75, 3.05) is 46.1 Å². The van der Waals surface area contributed by atoms with E-state index in [-0.39, 0.29) is 20.7 Å². The molecule has 1 aliphatic rings. The highest BCUT2D eigenvalue weighted by Gasteiger charge is 2.31. The van der Waals surface area contributed by atoms with E-state index in [1.54, 1.807) is 4.90 Å². The number of unbranched alkanes of at least 4 members (excludes halogenated alkanes) is 1. The lowest BCUT2D eigenvalue weighted by Gasteiger charge is -2.22. The lowest BCUT2D eigenvalue weighted by molar-refractivity contribution is -0.136. The molecule has 1 heterocycles. The molecule has 1 saturated heterocycles. The van der Waals surface area contributed by atoms with Crippen molar-refractivity contribution < 1.29 is 21.9 Å². The van der Waals surface area contributed by atoms with Gasteiger partial charge in [0.2, 0.25) is 11.8 Å². The SMILES string of the molecule is CC(=O)N1CCCC1C(=O)NCCOCCOCCN.CCCC.[HH].[HH]. The van der Waals surface area contributed by atoms with E-state index in [9.17, 15) is 9.59 Å². The van der Waals surface area contributed by atoms with Crippen molar-refractivity contribution in [3.63, 3.8) is 0 Å². The first-order valence-electron chi connectivity index (χ1n) is 8.98. The Morgan fingerprint density at radius 2 is 1.79 bits per heavy atom. The number of carbonyl (C=O) groups is 2. The second kappa shape index (κ2) is 15.4. The number of nitrogens with one attached hydrogen (secondary N) is 1. The van der Waals surface area contributed by atoms with Crippen LogP contribution in [0.25, 0.3) is 0 Å². The summed E-state index contributed by atoms with van der Waals surface area (Å²) in [5.74, 6) is -0.142. The zero-order chi connectivity index (χ0) is 18.2. The first kappa shape index (κ1) is 22.8. The van der Waals surface area contributed by atoms with E-state index >= 15 is 0 Å². The molecule has 1 rings (SSSR count). The predicted octanol–water partition coefficient (Wildman–Crippen LogP) is 1.40. The molecule has 1 fully saturated rings. The highest BCUT2D eigenvalue weighted by Crippen LogP contribution is 2.17. The molecule has 0 aromatic heterocycles. The monoisotopic (exact) mass is 349 g/mol. The molecular weight excluding hydrogens is 310 g/mol. The van der Waals surface area contributed by atoms with Crippen LogP contribution in [0.5, 0.6) is 0 Å². The Labute approximate surface area is 149 Å². The third-order valence-corrected chi connectivity index (χ3v) is 3.64. The standard InChI is InChI=1S/C13H25N3O4.C4H10.2H2/c1-11(17)16-6-2-3-12(16)13(18)15-5-8-20-10-9-19-7-4-14;1-3-4-2;;/h12H,2-10,14H2,1H3,(H,15,18);3-4H2,1-2H3;2*1H. The molecule has 0 bridgehead atoms. The summed E-state index contributed by atoms with van der Waals surface area (Å²) < 4.78 is 10.5. The summed E-state index contributed by atoms with van der Waals surface area (Å²) >= 11 is 0. The van der Waals surface area contributed by atoms with E-state index in [0.717, 1.165) is 12.8 Å². The van der Waals surface area contributed by atoms with Gasteiger partial charge in [-0.15, -0.1) is 0 Å². The Kier molecular flexibility index (Phi) is 14.6. The molecule has 7 nitrogen and oxygen atoms in total. The molecule has 146 valence electrons. The van der Waals surface area contributed by atoms with Gasteiger partial charge in [-0.05, 0) is 12.8 Å². The maximum atomic E-state index is 11.9. The first-order chi connectivity index (χ1) is 11.6. The Morgan fingerprint density at radius 3 is 2.33 bits per heavy atom. The third kappa shape index (κ3) is 10.6. The average molecular weight is 350 g/mol. The van der Waals surface area contributed by atoms with Crippen LogP contribution in [0.4, 0.5) is 0 Å². The largest absolute Gasteiger partial charge is 0.378 e. The fourth-order valence-corrected chi connectivity index (χ4v) is 2.19. The quantitative estimate of drug-likeness (QED) is 0.582. The van der Waals surface area contributed by atoms with Gasteiger partial charge in [0.15, 0.2) is 0 Å². The van der Waals surface area contributed by atoms with E-state index in [1.807, 2.05) is 0 Å². The number of hydrogen-bond acceptors (Lipinski definition) is 5. The summed E-state index contributed by atoms with van der Waals surface area (Å²) in [6, 6.07) is -0.319. The number of carbonyl (C=O) groups excluding carboxylic acids is 2. The molecule has 0 aromatic rings. The molecule has 1 atom stereocenters. The molecule has 0 aliphatic carbocycles. The van der Waals surface area contributed by atoms with Crippen LogP contribution in [0, 0.1) is 0 Å². The average Bonchev–Trinajstić information content (AvgIpc) is 3.07. The van der Waals surface area contributed by atoms with Crippen LogP contribution >= 0.6 is 0 Å². The number of nitrogens with two attached hydrogens (primary N) is 1. The molecule has 0 radical (unpaired) electrons. The van der Waals surface area contributed by atoms with Crippen molar-refractivity contribution in [2.24, 2.45) is 5.73 Å². The highest BCUT2D eigenvalue weighted by molar-refractivity contribution is 5.87. The summed E-state index contributed by atoms with van der Waals surface area (Å²) in [6.07, 6.45) is 4.26. The van der Waals surface area contributed by atoms with Crippen molar-refractivity contribution >= 4 is 11.8 Å². The maximum Gasteiger partial charge on any atom is 0.242 e. The van der Waals surface area contributed by atoms with Gasteiger partial charge in [0, 0.05) is 29.4 Å². The third-order valence-electron chi connectivity index (χ3n) is 3.64. The van der Waals surface area contributed by atoms with Crippen LogP contribution in [0.3, 0.4) is 0 Å². The van der Waals surface area contributed by atoms with Crippen LogP contribution in [0.2, 0.25) is 0 Å². The summed E-state index contributed by atoms with van der Waals surface area (Å²) in [4.78, 5) is 24.9. The summed E-state index contributed by atoms with van der Waals surface area (Å²) in [5, 5.41) is 2.79. The van der Waals surface area contributed by atoms with Crippen LogP contribution in [-0.2, 0) is 19.1 Å². The molecule has 1 aliphatic heterocycles. The zero-order valence-electron chi connectivity index (χ0n) is 15.5. The maximum absolute atomic E-state index is 11.9. The van der Waals surface area contributed by atoms with Gasteiger partial charge in [0.25, 0.3) is 0 Å². The zero-order valence-corrected chi connectivity index (χ0v) is 15.5. The molecule has 0 spiro atoms. The Hall–Kier alpha value is -1.18. The van der Waals surface area contributed by atoms with E-state index in [0.29, 0.717) is 46.1 Å². The topological polar surface area (TPSA) is 93.9 Å². The predicted molar refractivity (Wildman–Crippen MR) is 98.9 cm³/mol. The van der Waals surface area contributed by atoms with Crippen molar-refractivity contribution in [3.05, 3.63) is 0 Å². The fourth-order valence-electron chi connectivity index (χ4n) is 2.19. The summed E-state index contributed by atoms with van der Waals surface area (Å²) in [7, 11) is 0. The van der Waals surface area contributed by atoms with Gasteiger partial charge < -0.3 is 25.4 Å². The fraction of sp³-hybridized carbons (Fsp3) is 0.882. The van der Waals surface area contributed by atoms with Gasteiger partial charge in [-0.3, -0.25) is 9.59 Å². The first-order valence-corrected chi connectivity index (χ1v) is 8.98. The van der Waals surface area contributed by atoms with Gasteiger partial charge in [-0.1, -0.05) is 26.7 Å². The second-order valence-electron chi connectivity index (χ2n) is 5.67. The molecule has 0 aromatic carbocycles. The van der Waals surface area contributed by atoms with E-state index < -0.39 is 0 Å². The number of amides is 2. The minimum absolute atomic E-state index is 0. The summed E-state index contributed by atoms with van der Waals surface area (Å²) in [6.45, 7) is 9.43. The van der Waals surface area contributed by atoms with Crippen molar-refractivity contribution in [2.45, 2.75) is 52.5 Å². The van der Waals surface area contributed by atoms with Gasteiger partial charge >= 0.3 is 0 Å². The van der Waals surface area contributed by atoms with Crippen LogP contribution in [-0.4, -0.2) is 68.8 Å². The lowest BCUT2D eigenvalue weighted by Crippen LogP contribution is -2.45. The van der Waals surface area contributed by atoms with Gasteiger partial charge in [-0.2, -0.15) is 0 Å². The van der Waals surface area contributed by atoms with Gasteiger partial charge in [0.1, 0.15) is 6.04 Å². The van der Waals surface area contributed by atoms with Crippen molar-refractivity contribution in [1.82, 2.24) is 10.2 Å². The number of nitrogens with zero attached hydrogens (tertiary/aromatic N) is 1. The number of hydrogen-bond donors (Lipinski definition) is 2. The van der Waals surface area contributed by atoms with E-state index in [2.05, 4.69) is 19.2 Å². The summed E-state index contributed by atoms with van der Waals surface area (Å²) in [5.41, 5.74) is 5.28. The minimum atomic E-state index is -0.319. The Morgan fingerprint density at radius 1 is 1.17 bits per heavy atom. The van der Waals surface area contributed by atoms with Crippen LogP contribution < -0.4 is 11.1 Å².